The Kier molecular flexibility index (Phi) is 2.82. The zero-order valence-electron chi connectivity index (χ0n) is 8.35. The molecule has 0 unspecified atom stereocenters. The van der Waals surface area contributed by atoms with Crippen molar-refractivity contribution < 1.29 is 9.53 Å². The van der Waals surface area contributed by atoms with Crippen molar-refractivity contribution in [2.75, 3.05) is 32.0 Å². The number of hydrogen-bond donors (Lipinski definition) is 1. The Labute approximate surface area is 87.8 Å². The molecule has 0 atom stereocenters. The highest BCUT2D eigenvalue weighted by atomic mass is 16.5. The lowest BCUT2D eigenvalue weighted by atomic mass is 10.2. The summed E-state index contributed by atoms with van der Waals surface area (Å²) < 4.78 is 5.17. The van der Waals surface area contributed by atoms with Crippen LogP contribution < -0.4 is 5.73 Å². The van der Waals surface area contributed by atoms with Crippen molar-refractivity contribution in [3.8, 4) is 0 Å². The number of carbonyl (C=O) groups excluding carboxylic acids is 1. The van der Waals surface area contributed by atoms with Crippen LogP contribution in [0.2, 0.25) is 0 Å². The zero-order valence-corrected chi connectivity index (χ0v) is 8.35. The lowest BCUT2D eigenvalue weighted by Gasteiger charge is -2.26. The molecule has 0 saturated carbocycles. The van der Waals surface area contributed by atoms with Crippen molar-refractivity contribution >= 4 is 11.6 Å². The number of aromatic nitrogens is 1. The topological polar surface area (TPSA) is 68.5 Å². The van der Waals surface area contributed by atoms with E-state index in [0.717, 1.165) is 0 Å². The minimum atomic E-state index is -0.0781. The summed E-state index contributed by atoms with van der Waals surface area (Å²) in [4.78, 5) is 17.6. The fourth-order valence-electron chi connectivity index (χ4n) is 1.49. The van der Waals surface area contributed by atoms with Gasteiger partial charge in [0.05, 0.1) is 13.2 Å². The van der Waals surface area contributed by atoms with Gasteiger partial charge >= 0.3 is 0 Å². The second-order valence-corrected chi connectivity index (χ2v) is 3.38. The van der Waals surface area contributed by atoms with E-state index >= 15 is 0 Å². The Hall–Kier alpha value is -1.62. The highest BCUT2D eigenvalue weighted by molar-refractivity contribution is 5.93. The van der Waals surface area contributed by atoms with Gasteiger partial charge in [0.15, 0.2) is 0 Å². The van der Waals surface area contributed by atoms with Crippen molar-refractivity contribution in [3.05, 3.63) is 24.0 Å². The molecule has 2 heterocycles. The molecule has 5 heteroatoms. The molecule has 1 aromatic rings. The molecule has 1 fully saturated rings. The Morgan fingerprint density at radius 2 is 2.20 bits per heavy atom. The molecule has 1 aromatic heterocycles. The van der Waals surface area contributed by atoms with Gasteiger partial charge in [0.2, 0.25) is 0 Å². The van der Waals surface area contributed by atoms with E-state index in [1.165, 1.54) is 0 Å². The van der Waals surface area contributed by atoms with Gasteiger partial charge < -0.3 is 15.4 Å². The molecule has 1 aliphatic heterocycles. The van der Waals surface area contributed by atoms with Gasteiger partial charge in [-0.15, -0.1) is 0 Å². The van der Waals surface area contributed by atoms with Gasteiger partial charge in [0.1, 0.15) is 5.69 Å². The Morgan fingerprint density at radius 1 is 1.47 bits per heavy atom. The first-order valence-electron chi connectivity index (χ1n) is 4.86. The van der Waals surface area contributed by atoms with Crippen molar-refractivity contribution in [1.82, 2.24) is 9.88 Å². The number of pyridine rings is 1. The summed E-state index contributed by atoms with van der Waals surface area (Å²) in [6.45, 7) is 2.42. The fraction of sp³-hybridized carbons (Fsp3) is 0.400. The first-order chi connectivity index (χ1) is 7.27. The first-order valence-corrected chi connectivity index (χ1v) is 4.86. The third-order valence-electron chi connectivity index (χ3n) is 2.30. The van der Waals surface area contributed by atoms with Gasteiger partial charge in [-0.05, 0) is 12.1 Å². The third-order valence-corrected chi connectivity index (χ3v) is 2.30. The van der Waals surface area contributed by atoms with E-state index in [2.05, 4.69) is 4.98 Å². The summed E-state index contributed by atoms with van der Waals surface area (Å²) in [6.07, 6.45) is 1.54. The Bertz CT molecular complexity index is 361. The van der Waals surface area contributed by atoms with E-state index < -0.39 is 0 Å². The second-order valence-electron chi connectivity index (χ2n) is 3.38. The first kappa shape index (κ1) is 9.92. The van der Waals surface area contributed by atoms with Crippen molar-refractivity contribution in [2.45, 2.75) is 0 Å². The molecule has 80 valence electrons. The summed E-state index contributed by atoms with van der Waals surface area (Å²) in [5.74, 6) is -0.0781. The maximum absolute atomic E-state index is 11.9. The largest absolute Gasteiger partial charge is 0.399 e. The minimum absolute atomic E-state index is 0.0781. The van der Waals surface area contributed by atoms with E-state index in [0.29, 0.717) is 37.7 Å². The number of rotatable bonds is 1. The standard InChI is InChI=1S/C10H13N3O2/c11-8-1-2-12-9(7-8)10(14)13-3-5-15-6-4-13/h1-2,7H,3-6H2,(H2,11,12). The highest BCUT2D eigenvalue weighted by Gasteiger charge is 2.19. The normalized spacial score (nSPS) is 16.4. The predicted octanol–water partition coefficient (Wildman–Crippen LogP) is 0.136. The van der Waals surface area contributed by atoms with Crippen molar-refractivity contribution in [1.29, 1.82) is 0 Å². The van der Waals surface area contributed by atoms with Crippen LogP contribution in [0, 0.1) is 0 Å². The van der Waals surface area contributed by atoms with Gasteiger partial charge in [-0.3, -0.25) is 9.78 Å². The predicted molar refractivity (Wildman–Crippen MR) is 55.4 cm³/mol. The maximum atomic E-state index is 11.9. The molecule has 0 spiro atoms. The minimum Gasteiger partial charge on any atom is -0.399 e. The van der Waals surface area contributed by atoms with E-state index in [9.17, 15) is 4.79 Å². The molecule has 0 aromatic carbocycles. The van der Waals surface area contributed by atoms with Crippen LogP contribution in [-0.2, 0) is 4.74 Å². The number of nitrogens with zero attached hydrogens (tertiary/aromatic N) is 2. The van der Waals surface area contributed by atoms with Crippen LogP contribution in [0.4, 0.5) is 5.69 Å². The average Bonchev–Trinajstić information content (AvgIpc) is 2.29. The van der Waals surface area contributed by atoms with Gasteiger partial charge in [0.25, 0.3) is 5.91 Å². The number of amides is 1. The number of carbonyl (C=O) groups is 1. The average molecular weight is 207 g/mol. The van der Waals surface area contributed by atoms with Gasteiger partial charge in [-0.1, -0.05) is 0 Å². The smallest absolute Gasteiger partial charge is 0.272 e. The molecular formula is C10H13N3O2. The van der Waals surface area contributed by atoms with E-state index in [1.54, 1.807) is 23.2 Å². The summed E-state index contributed by atoms with van der Waals surface area (Å²) in [5, 5.41) is 0. The number of morpholine rings is 1. The van der Waals surface area contributed by atoms with Crippen LogP contribution in [0.5, 0.6) is 0 Å². The van der Waals surface area contributed by atoms with Crippen LogP contribution >= 0.6 is 0 Å². The van der Waals surface area contributed by atoms with E-state index in [4.69, 9.17) is 10.5 Å². The Balaban J connectivity index is 2.12. The molecule has 5 nitrogen and oxygen atoms in total. The fourth-order valence-corrected chi connectivity index (χ4v) is 1.49. The molecule has 0 bridgehead atoms. The van der Waals surface area contributed by atoms with Crippen LogP contribution in [0.1, 0.15) is 10.5 Å². The molecule has 0 radical (unpaired) electrons. The lowest BCUT2D eigenvalue weighted by molar-refractivity contribution is 0.0299. The molecular weight excluding hydrogens is 194 g/mol. The summed E-state index contributed by atoms with van der Waals surface area (Å²) in [6, 6.07) is 3.26. The molecule has 1 aliphatic rings. The van der Waals surface area contributed by atoms with Crippen LogP contribution in [0.15, 0.2) is 18.3 Å². The summed E-state index contributed by atoms with van der Waals surface area (Å²) >= 11 is 0. The molecule has 1 saturated heterocycles. The molecule has 15 heavy (non-hydrogen) atoms. The number of anilines is 1. The SMILES string of the molecule is Nc1ccnc(C(=O)N2CCOCC2)c1. The lowest BCUT2D eigenvalue weighted by Crippen LogP contribution is -2.41. The van der Waals surface area contributed by atoms with E-state index in [1.807, 2.05) is 0 Å². The molecule has 2 N–H and O–H groups in total. The van der Waals surface area contributed by atoms with Crippen molar-refractivity contribution in [3.63, 3.8) is 0 Å². The number of nitrogen functional groups attached to an aromatic ring is 1. The van der Waals surface area contributed by atoms with Crippen LogP contribution in [0.3, 0.4) is 0 Å². The van der Waals surface area contributed by atoms with Crippen LogP contribution in [-0.4, -0.2) is 42.1 Å². The van der Waals surface area contributed by atoms with Crippen molar-refractivity contribution in [2.24, 2.45) is 0 Å². The Morgan fingerprint density at radius 3 is 2.87 bits per heavy atom. The second kappa shape index (κ2) is 4.27. The number of nitrogens with two attached hydrogens (primary N) is 1. The van der Waals surface area contributed by atoms with Gasteiger partial charge in [0, 0.05) is 25.0 Å². The summed E-state index contributed by atoms with van der Waals surface area (Å²) in [5.41, 5.74) is 6.55. The third kappa shape index (κ3) is 2.24. The van der Waals surface area contributed by atoms with Crippen LogP contribution in [0.25, 0.3) is 0 Å². The van der Waals surface area contributed by atoms with Gasteiger partial charge in [-0.25, -0.2) is 0 Å². The molecule has 1 amide bonds. The van der Waals surface area contributed by atoms with E-state index in [-0.39, 0.29) is 5.91 Å². The molecule has 0 aliphatic carbocycles. The quantitative estimate of drug-likeness (QED) is 0.711. The maximum Gasteiger partial charge on any atom is 0.272 e. The highest BCUT2D eigenvalue weighted by Crippen LogP contribution is 2.08. The zero-order chi connectivity index (χ0) is 10.7. The monoisotopic (exact) mass is 207 g/mol. The number of hydrogen-bond acceptors (Lipinski definition) is 4. The summed E-state index contributed by atoms with van der Waals surface area (Å²) in [7, 11) is 0. The van der Waals surface area contributed by atoms with Gasteiger partial charge in [-0.2, -0.15) is 0 Å². The number of ether oxygens (including phenoxy) is 1. The molecule has 2 rings (SSSR count).